The Balaban J connectivity index is 1.69. The molecule has 25 heavy (non-hydrogen) atoms. The van der Waals surface area contributed by atoms with Gasteiger partial charge in [0.15, 0.2) is 0 Å². The topological polar surface area (TPSA) is 78.4 Å². The van der Waals surface area contributed by atoms with Crippen molar-refractivity contribution in [1.29, 1.82) is 0 Å². The van der Waals surface area contributed by atoms with E-state index in [2.05, 4.69) is 28.5 Å². The Kier molecular flexibility index (Phi) is 5.20. The third-order valence-electron chi connectivity index (χ3n) is 5.01. The van der Waals surface area contributed by atoms with Crippen molar-refractivity contribution in [2.24, 2.45) is 0 Å². The van der Waals surface area contributed by atoms with E-state index in [1.165, 1.54) is 0 Å². The van der Waals surface area contributed by atoms with Gasteiger partial charge in [-0.05, 0) is 18.8 Å². The van der Waals surface area contributed by atoms with E-state index in [1.807, 2.05) is 30.0 Å². The molecule has 2 fully saturated rings. The van der Waals surface area contributed by atoms with Gasteiger partial charge in [-0.1, -0.05) is 26.7 Å². The van der Waals surface area contributed by atoms with Gasteiger partial charge >= 0.3 is 0 Å². The Morgan fingerprint density at radius 2 is 1.84 bits per heavy atom. The fourth-order valence-electron chi connectivity index (χ4n) is 3.29. The summed E-state index contributed by atoms with van der Waals surface area (Å²) in [4.78, 5) is 13.1. The highest BCUT2D eigenvalue weighted by atomic mass is 32.2. The number of anilines is 2. The van der Waals surface area contributed by atoms with Crippen LogP contribution in [0, 0.1) is 0 Å². The third-order valence-corrected chi connectivity index (χ3v) is 6.85. The second kappa shape index (κ2) is 7.07. The average molecular weight is 368 g/mol. The molecule has 1 saturated carbocycles. The normalized spacial score (nSPS) is 19.5. The molecule has 0 unspecified atom stereocenters. The van der Waals surface area contributed by atoms with Crippen LogP contribution >= 0.6 is 0 Å². The molecule has 2 aliphatic rings. The Morgan fingerprint density at radius 3 is 2.40 bits per heavy atom. The summed E-state index contributed by atoms with van der Waals surface area (Å²) in [6.07, 6.45) is 4.17. The zero-order valence-electron chi connectivity index (χ0n) is 15.6. The lowest BCUT2D eigenvalue weighted by molar-refractivity contribution is 0.509. The second-order valence-corrected chi connectivity index (χ2v) is 9.66. The lowest BCUT2D eigenvalue weighted by atomic mass is 10.1. The number of sulfonamides is 1. The van der Waals surface area contributed by atoms with Gasteiger partial charge in [0.2, 0.25) is 16.0 Å². The van der Waals surface area contributed by atoms with Crippen LogP contribution in [0.2, 0.25) is 0 Å². The minimum Gasteiger partial charge on any atom is -0.354 e. The lowest BCUT2D eigenvalue weighted by Crippen LogP contribution is -2.59. The van der Waals surface area contributed by atoms with E-state index in [0.29, 0.717) is 25.0 Å². The lowest BCUT2D eigenvalue weighted by Gasteiger charge is -2.40. The molecular weight excluding hydrogens is 338 g/mol. The van der Waals surface area contributed by atoms with Crippen molar-refractivity contribution >= 4 is 21.8 Å². The number of nitrogens with one attached hydrogen (secondary N) is 1. The largest absolute Gasteiger partial charge is 0.354 e. The minimum absolute atomic E-state index is 0.131. The summed E-state index contributed by atoms with van der Waals surface area (Å²) in [7, 11) is 0.583. The molecule has 1 aliphatic carbocycles. The van der Waals surface area contributed by atoms with Crippen molar-refractivity contribution in [2.75, 3.05) is 37.0 Å². The fraction of sp³-hybridized carbons (Fsp3) is 0.765. The molecule has 1 saturated heterocycles. The van der Waals surface area contributed by atoms with Crippen LogP contribution in [-0.4, -0.2) is 56.9 Å². The summed E-state index contributed by atoms with van der Waals surface area (Å²) in [6, 6.07) is 2.11. The van der Waals surface area contributed by atoms with Gasteiger partial charge in [-0.3, -0.25) is 0 Å². The van der Waals surface area contributed by atoms with Crippen molar-refractivity contribution in [3.63, 3.8) is 0 Å². The summed E-state index contributed by atoms with van der Waals surface area (Å²) in [5.74, 6) is 1.77. The van der Waals surface area contributed by atoms with Crippen LogP contribution in [0.4, 0.5) is 11.8 Å². The van der Waals surface area contributed by atoms with E-state index >= 15 is 0 Å². The standard InChI is InChI=1S/C17H29N5O2S/c1-12(2)15-9-16(19-17(18-15)21(3)4)22-10-14(11-22)25(23,24)20-13-7-5-6-8-13/h9,12-14,20H,5-8,10-11H2,1-4H3. The van der Waals surface area contributed by atoms with E-state index < -0.39 is 10.0 Å². The number of rotatable bonds is 6. The Labute approximate surface area is 150 Å². The van der Waals surface area contributed by atoms with E-state index in [9.17, 15) is 8.42 Å². The smallest absolute Gasteiger partial charge is 0.227 e. The average Bonchev–Trinajstić information content (AvgIpc) is 2.97. The molecule has 140 valence electrons. The molecule has 1 aromatic heterocycles. The van der Waals surface area contributed by atoms with Crippen LogP contribution in [0.5, 0.6) is 0 Å². The number of hydrogen-bond donors (Lipinski definition) is 1. The first kappa shape index (κ1) is 18.4. The van der Waals surface area contributed by atoms with Crippen molar-refractivity contribution in [3.8, 4) is 0 Å². The van der Waals surface area contributed by atoms with Gasteiger partial charge < -0.3 is 9.80 Å². The highest BCUT2D eigenvalue weighted by Crippen LogP contribution is 2.28. The van der Waals surface area contributed by atoms with E-state index in [0.717, 1.165) is 37.2 Å². The van der Waals surface area contributed by atoms with Gasteiger partial charge in [0, 0.05) is 39.3 Å². The SMILES string of the molecule is CC(C)c1cc(N2CC(S(=O)(=O)NC3CCCC3)C2)nc(N(C)C)n1. The molecule has 1 N–H and O–H groups in total. The van der Waals surface area contributed by atoms with Crippen LogP contribution < -0.4 is 14.5 Å². The summed E-state index contributed by atoms with van der Waals surface area (Å²) in [5, 5.41) is -0.353. The zero-order valence-corrected chi connectivity index (χ0v) is 16.4. The quantitative estimate of drug-likeness (QED) is 0.825. The number of aromatic nitrogens is 2. The molecule has 7 nitrogen and oxygen atoms in total. The Morgan fingerprint density at radius 1 is 1.20 bits per heavy atom. The maximum atomic E-state index is 12.5. The van der Waals surface area contributed by atoms with Crippen LogP contribution in [0.1, 0.15) is 51.1 Å². The van der Waals surface area contributed by atoms with Crippen molar-refractivity contribution in [1.82, 2.24) is 14.7 Å². The highest BCUT2D eigenvalue weighted by molar-refractivity contribution is 7.90. The molecule has 1 aliphatic heterocycles. The molecule has 2 heterocycles. The first-order valence-corrected chi connectivity index (χ1v) is 10.6. The maximum Gasteiger partial charge on any atom is 0.227 e. The first-order chi connectivity index (χ1) is 11.8. The second-order valence-electron chi connectivity index (χ2n) is 7.67. The number of nitrogens with zero attached hydrogens (tertiary/aromatic N) is 4. The summed E-state index contributed by atoms with van der Waals surface area (Å²) >= 11 is 0. The molecule has 0 amide bonds. The van der Waals surface area contributed by atoms with Gasteiger partial charge in [0.05, 0.1) is 5.69 Å². The molecule has 3 rings (SSSR count). The monoisotopic (exact) mass is 367 g/mol. The van der Waals surface area contributed by atoms with Gasteiger partial charge in [-0.25, -0.2) is 18.1 Å². The van der Waals surface area contributed by atoms with Gasteiger partial charge in [0.25, 0.3) is 0 Å². The first-order valence-electron chi connectivity index (χ1n) is 9.08. The van der Waals surface area contributed by atoms with E-state index in [-0.39, 0.29) is 11.3 Å². The van der Waals surface area contributed by atoms with Crippen LogP contribution in [0.3, 0.4) is 0 Å². The zero-order chi connectivity index (χ0) is 18.2. The van der Waals surface area contributed by atoms with Crippen LogP contribution in [-0.2, 0) is 10.0 Å². The fourth-order valence-corrected chi connectivity index (χ4v) is 4.94. The molecule has 1 aromatic rings. The summed E-state index contributed by atoms with van der Waals surface area (Å²) < 4.78 is 27.9. The minimum atomic E-state index is -3.25. The van der Waals surface area contributed by atoms with Gasteiger partial charge in [-0.2, -0.15) is 4.98 Å². The van der Waals surface area contributed by atoms with Crippen LogP contribution in [0.15, 0.2) is 6.07 Å². The van der Waals surface area contributed by atoms with E-state index in [4.69, 9.17) is 0 Å². The molecule has 8 heteroatoms. The van der Waals surface area contributed by atoms with E-state index in [1.54, 1.807) is 0 Å². The predicted molar refractivity (Wildman–Crippen MR) is 101 cm³/mol. The van der Waals surface area contributed by atoms with Crippen LogP contribution in [0.25, 0.3) is 0 Å². The maximum absolute atomic E-state index is 12.5. The van der Waals surface area contributed by atoms with Crippen molar-refractivity contribution in [3.05, 3.63) is 11.8 Å². The molecule has 0 atom stereocenters. The Hall–Kier alpha value is -1.41. The molecular formula is C17H29N5O2S. The number of hydrogen-bond acceptors (Lipinski definition) is 6. The molecule has 0 bridgehead atoms. The third kappa shape index (κ3) is 4.06. The Bertz CT molecular complexity index is 681. The predicted octanol–water partition coefficient (Wildman–Crippen LogP) is 1.72. The van der Waals surface area contributed by atoms with Crippen molar-refractivity contribution < 1.29 is 8.42 Å². The van der Waals surface area contributed by atoms with Crippen molar-refractivity contribution in [2.45, 2.75) is 56.7 Å². The molecule has 0 aromatic carbocycles. The highest BCUT2D eigenvalue weighted by Gasteiger charge is 2.39. The summed E-state index contributed by atoms with van der Waals surface area (Å²) in [5.41, 5.74) is 0.976. The molecule has 0 spiro atoms. The van der Waals surface area contributed by atoms with Gasteiger partial charge in [-0.15, -0.1) is 0 Å². The molecule has 0 radical (unpaired) electrons. The van der Waals surface area contributed by atoms with Gasteiger partial charge in [0.1, 0.15) is 11.1 Å². The summed E-state index contributed by atoms with van der Waals surface area (Å²) in [6.45, 7) is 5.17.